The SMILES string of the molecule is CC12CCC/C(=N\NN3[C@@H](c4ccccc4)[C@@H]3c3ccccc3)C1O2. The van der Waals surface area contributed by atoms with Crippen molar-refractivity contribution in [3.63, 3.8) is 0 Å². The standard InChI is InChI=1S/C21H23N3O/c1-21-14-8-13-17(20(21)25-21)22-23-24-18(15-9-4-2-5-10-15)19(24)16-11-6-3-7-12-16/h2-7,9-12,18-20,23H,8,13-14H2,1H3/b22-17+/t18-,19-,20?,21?/m0/s1. The molecule has 3 fully saturated rings. The van der Waals surface area contributed by atoms with Gasteiger partial charge in [0.15, 0.2) is 0 Å². The first kappa shape index (κ1) is 15.1. The molecule has 0 aromatic heterocycles. The van der Waals surface area contributed by atoms with E-state index in [0.29, 0.717) is 12.1 Å². The van der Waals surface area contributed by atoms with Crippen molar-refractivity contribution in [1.82, 2.24) is 10.5 Å². The zero-order valence-electron chi connectivity index (χ0n) is 14.4. The van der Waals surface area contributed by atoms with Crippen molar-refractivity contribution in [2.45, 2.75) is 50.0 Å². The molecule has 2 aliphatic heterocycles. The highest BCUT2D eigenvalue weighted by atomic mass is 16.6. The summed E-state index contributed by atoms with van der Waals surface area (Å²) in [6.45, 7) is 2.20. The molecule has 0 spiro atoms. The average Bonchev–Trinajstić information content (AvgIpc) is 3.54. The Bertz CT molecular complexity index is 746. The van der Waals surface area contributed by atoms with E-state index in [1.54, 1.807) is 0 Å². The van der Waals surface area contributed by atoms with E-state index in [4.69, 9.17) is 9.84 Å². The molecule has 3 aliphatic rings. The molecule has 1 saturated carbocycles. The number of epoxide rings is 1. The van der Waals surface area contributed by atoms with Crippen molar-refractivity contribution in [3.05, 3.63) is 71.8 Å². The van der Waals surface area contributed by atoms with Gasteiger partial charge in [-0.2, -0.15) is 10.1 Å². The van der Waals surface area contributed by atoms with Crippen LogP contribution in [0.4, 0.5) is 0 Å². The Morgan fingerprint density at radius 1 is 1.00 bits per heavy atom. The fourth-order valence-corrected chi connectivity index (χ4v) is 4.18. The number of nitrogens with one attached hydrogen (secondary N) is 1. The lowest BCUT2D eigenvalue weighted by molar-refractivity contribution is 0.306. The van der Waals surface area contributed by atoms with Crippen LogP contribution in [0.1, 0.15) is 49.4 Å². The molecule has 2 aromatic rings. The van der Waals surface area contributed by atoms with Gasteiger partial charge in [-0.15, -0.1) is 0 Å². The summed E-state index contributed by atoms with van der Waals surface area (Å²) in [6, 6.07) is 21.9. The number of hydrogen-bond donors (Lipinski definition) is 1. The van der Waals surface area contributed by atoms with Crippen LogP contribution in [-0.2, 0) is 4.74 Å². The molecule has 25 heavy (non-hydrogen) atoms. The highest BCUT2D eigenvalue weighted by Gasteiger charge is 2.57. The second kappa shape index (κ2) is 5.68. The fraction of sp³-hybridized carbons (Fsp3) is 0.381. The van der Waals surface area contributed by atoms with Crippen LogP contribution in [0.5, 0.6) is 0 Å². The number of hydrazone groups is 1. The summed E-state index contributed by atoms with van der Waals surface area (Å²) >= 11 is 0. The second-order valence-electron chi connectivity index (χ2n) is 7.49. The highest BCUT2D eigenvalue weighted by Crippen LogP contribution is 2.53. The topological polar surface area (TPSA) is 39.9 Å². The van der Waals surface area contributed by atoms with Crippen molar-refractivity contribution in [1.29, 1.82) is 0 Å². The summed E-state index contributed by atoms with van der Waals surface area (Å²) in [4.78, 5) is 0. The molecule has 4 heteroatoms. The third kappa shape index (κ3) is 2.66. The quantitative estimate of drug-likeness (QED) is 0.679. The summed E-state index contributed by atoms with van der Waals surface area (Å²) < 4.78 is 5.86. The van der Waals surface area contributed by atoms with Crippen molar-refractivity contribution < 1.29 is 4.74 Å². The lowest BCUT2D eigenvalue weighted by atomic mass is 9.89. The van der Waals surface area contributed by atoms with Crippen LogP contribution in [0.15, 0.2) is 65.8 Å². The van der Waals surface area contributed by atoms with E-state index in [0.717, 1.165) is 19.3 Å². The largest absolute Gasteiger partial charge is 0.360 e. The summed E-state index contributed by atoms with van der Waals surface area (Å²) in [5.41, 5.74) is 7.20. The molecular formula is C21H23N3O. The van der Waals surface area contributed by atoms with E-state index >= 15 is 0 Å². The minimum absolute atomic E-state index is 0.0509. The Balaban J connectivity index is 1.37. The lowest BCUT2D eigenvalue weighted by Crippen LogP contribution is -2.27. The molecule has 4 atom stereocenters. The molecule has 2 heterocycles. The number of benzene rings is 2. The highest BCUT2D eigenvalue weighted by molar-refractivity contribution is 5.92. The van der Waals surface area contributed by atoms with Crippen LogP contribution in [-0.4, -0.2) is 22.4 Å². The minimum atomic E-state index is 0.0509. The van der Waals surface area contributed by atoms with Gasteiger partial charge in [0.25, 0.3) is 0 Å². The van der Waals surface area contributed by atoms with E-state index in [2.05, 4.69) is 78.1 Å². The Kier molecular flexibility index (Phi) is 3.43. The molecule has 128 valence electrons. The second-order valence-corrected chi connectivity index (χ2v) is 7.49. The van der Waals surface area contributed by atoms with Gasteiger partial charge < -0.3 is 4.74 Å². The summed E-state index contributed by atoms with van der Waals surface area (Å²) in [5, 5.41) is 6.97. The van der Waals surface area contributed by atoms with Crippen molar-refractivity contribution in [2.75, 3.05) is 0 Å². The predicted octanol–water partition coefficient (Wildman–Crippen LogP) is 3.99. The van der Waals surface area contributed by atoms with Crippen molar-refractivity contribution in [3.8, 4) is 0 Å². The first-order valence-corrected chi connectivity index (χ1v) is 9.14. The van der Waals surface area contributed by atoms with Crippen molar-refractivity contribution in [2.24, 2.45) is 5.10 Å². The summed E-state index contributed by atoms with van der Waals surface area (Å²) in [6.07, 6.45) is 3.57. The average molecular weight is 333 g/mol. The maximum Gasteiger partial charge on any atom is 0.127 e. The number of nitrogens with zero attached hydrogens (tertiary/aromatic N) is 2. The number of ether oxygens (including phenoxy) is 1. The normalized spacial score (nSPS) is 37.4. The molecule has 1 aliphatic carbocycles. The molecule has 5 rings (SSSR count). The van der Waals surface area contributed by atoms with Gasteiger partial charge in [0.2, 0.25) is 0 Å². The van der Waals surface area contributed by atoms with Gasteiger partial charge in [-0.25, -0.2) is 5.53 Å². The zero-order chi connectivity index (χ0) is 16.9. The predicted molar refractivity (Wildman–Crippen MR) is 97.9 cm³/mol. The Labute approximate surface area is 148 Å². The van der Waals surface area contributed by atoms with E-state index < -0.39 is 0 Å². The van der Waals surface area contributed by atoms with Gasteiger partial charge in [-0.1, -0.05) is 60.7 Å². The van der Waals surface area contributed by atoms with Crippen LogP contribution in [0.3, 0.4) is 0 Å². The Morgan fingerprint density at radius 3 is 2.20 bits per heavy atom. The number of hydrazine groups is 1. The van der Waals surface area contributed by atoms with E-state index in [9.17, 15) is 0 Å². The van der Waals surface area contributed by atoms with Gasteiger partial charge in [0, 0.05) is 0 Å². The van der Waals surface area contributed by atoms with Crippen LogP contribution in [0, 0.1) is 0 Å². The van der Waals surface area contributed by atoms with Gasteiger partial charge >= 0.3 is 0 Å². The Hall–Kier alpha value is -2.17. The third-order valence-corrected chi connectivity index (χ3v) is 5.69. The smallest absolute Gasteiger partial charge is 0.127 e. The zero-order valence-corrected chi connectivity index (χ0v) is 14.4. The van der Waals surface area contributed by atoms with Crippen LogP contribution < -0.4 is 5.53 Å². The molecule has 2 unspecified atom stereocenters. The fourth-order valence-electron chi connectivity index (χ4n) is 4.18. The maximum absolute atomic E-state index is 5.86. The molecule has 2 saturated heterocycles. The van der Waals surface area contributed by atoms with Gasteiger partial charge in [0.1, 0.15) is 6.10 Å². The Morgan fingerprint density at radius 2 is 1.60 bits per heavy atom. The molecule has 0 amide bonds. The molecule has 4 nitrogen and oxygen atoms in total. The number of rotatable bonds is 4. The van der Waals surface area contributed by atoms with E-state index in [-0.39, 0.29) is 11.7 Å². The molecule has 0 bridgehead atoms. The number of fused-ring (bicyclic) bond motifs is 1. The lowest BCUT2D eigenvalue weighted by Gasteiger charge is -2.14. The van der Waals surface area contributed by atoms with Crippen LogP contribution in [0.25, 0.3) is 0 Å². The van der Waals surface area contributed by atoms with Crippen LogP contribution >= 0.6 is 0 Å². The van der Waals surface area contributed by atoms with Gasteiger partial charge in [-0.3, -0.25) is 0 Å². The molecule has 1 N–H and O–H groups in total. The first-order valence-electron chi connectivity index (χ1n) is 9.14. The first-order chi connectivity index (χ1) is 12.3. The van der Waals surface area contributed by atoms with E-state index in [1.165, 1.54) is 16.8 Å². The molecule has 0 radical (unpaired) electrons. The molecule has 2 aromatic carbocycles. The summed E-state index contributed by atoms with van der Waals surface area (Å²) in [5.74, 6) is 0. The number of hydrogen-bond acceptors (Lipinski definition) is 4. The van der Waals surface area contributed by atoms with Gasteiger partial charge in [0.05, 0.1) is 23.4 Å². The third-order valence-electron chi connectivity index (χ3n) is 5.69. The van der Waals surface area contributed by atoms with E-state index in [1.807, 2.05) is 0 Å². The van der Waals surface area contributed by atoms with Gasteiger partial charge in [-0.05, 0) is 37.3 Å². The molecular weight excluding hydrogens is 310 g/mol. The van der Waals surface area contributed by atoms with Crippen molar-refractivity contribution >= 4 is 5.71 Å². The minimum Gasteiger partial charge on any atom is -0.360 e. The maximum atomic E-state index is 5.86. The van der Waals surface area contributed by atoms with Crippen LogP contribution in [0.2, 0.25) is 0 Å². The monoisotopic (exact) mass is 333 g/mol. The summed E-state index contributed by atoms with van der Waals surface area (Å²) in [7, 11) is 0.